The average molecular weight is 238 g/mol. The predicted octanol–water partition coefficient (Wildman–Crippen LogP) is 3.10. The topological polar surface area (TPSA) is 18.5 Å². The molecule has 2 aliphatic carbocycles. The van der Waals surface area contributed by atoms with E-state index in [0.29, 0.717) is 5.54 Å². The third-order valence-corrected chi connectivity index (χ3v) is 7.90. The highest BCUT2D eigenvalue weighted by molar-refractivity contribution is 6.68. The SMILES string of the molecule is CC1(C)CO[Si](C)(C2CC3C=CC2C3)OC1. The van der Waals surface area contributed by atoms with Crippen LogP contribution in [0.1, 0.15) is 26.7 Å². The first-order valence-corrected chi connectivity index (χ1v) is 8.84. The minimum Gasteiger partial charge on any atom is -0.394 e. The van der Waals surface area contributed by atoms with Crippen molar-refractivity contribution in [3.63, 3.8) is 0 Å². The van der Waals surface area contributed by atoms with Crippen LogP contribution in [0.25, 0.3) is 0 Å². The van der Waals surface area contributed by atoms with Crippen LogP contribution in [0.3, 0.4) is 0 Å². The summed E-state index contributed by atoms with van der Waals surface area (Å²) < 4.78 is 12.4. The molecule has 0 aromatic carbocycles. The smallest absolute Gasteiger partial charge is 0.338 e. The van der Waals surface area contributed by atoms with Gasteiger partial charge in [0.2, 0.25) is 0 Å². The van der Waals surface area contributed by atoms with Crippen LogP contribution < -0.4 is 0 Å². The molecule has 1 heterocycles. The molecule has 1 saturated heterocycles. The molecule has 2 nitrogen and oxygen atoms in total. The van der Waals surface area contributed by atoms with Gasteiger partial charge in [0.1, 0.15) is 0 Å². The number of rotatable bonds is 1. The van der Waals surface area contributed by atoms with Gasteiger partial charge in [-0.15, -0.1) is 0 Å². The Morgan fingerprint density at radius 3 is 2.31 bits per heavy atom. The lowest BCUT2D eigenvalue weighted by Gasteiger charge is -2.44. The Bertz CT molecular complexity index is 314. The Labute approximate surface area is 99.3 Å². The Balaban J connectivity index is 1.73. The third kappa shape index (κ3) is 1.69. The maximum atomic E-state index is 6.20. The van der Waals surface area contributed by atoms with Gasteiger partial charge in [-0.25, -0.2) is 0 Å². The van der Waals surface area contributed by atoms with Gasteiger partial charge in [0, 0.05) is 24.2 Å². The minimum atomic E-state index is -1.90. The molecule has 0 aromatic heterocycles. The van der Waals surface area contributed by atoms with E-state index in [9.17, 15) is 0 Å². The second-order valence-electron chi connectivity index (χ2n) is 6.64. The summed E-state index contributed by atoms with van der Waals surface area (Å²) in [6.07, 6.45) is 7.46. The van der Waals surface area contributed by atoms with E-state index in [4.69, 9.17) is 8.85 Å². The maximum Gasteiger partial charge on any atom is 0.338 e. The normalized spacial score (nSPS) is 43.8. The summed E-state index contributed by atoms with van der Waals surface area (Å²) in [6.45, 7) is 8.49. The molecule has 0 spiro atoms. The van der Waals surface area contributed by atoms with Crippen molar-refractivity contribution in [2.45, 2.75) is 38.8 Å². The van der Waals surface area contributed by atoms with Gasteiger partial charge >= 0.3 is 8.56 Å². The van der Waals surface area contributed by atoms with Crippen LogP contribution in [0.5, 0.6) is 0 Å². The highest BCUT2D eigenvalue weighted by atomic mass is 28.4. The molecule has 2 bridgehead atoms. The maximum absolute atomic E-state index is 6.20. The van der Waals surface area contributed by atoms with Crippen molar-refractivity contribution >= 4 is 8.56 Å². The van der Waals surface area contributed by atoms with Gasteiger partial charge in [0.25, 0.3) is 0 Å². The number of hydrogen-bond acceptors (Lipinski definition) is 2. The fourth-order valence-corrected chi connectivity index (χ4v) is 6.98. The second-order valence-corrected chi connectivity index (χ2v) is 10.00. The molecule has 90 valence electrons. The standard InChI is InChI=1S/C13H22O2Si/c1-13(2)8-14-16(3,15-9-13)12-7-10-4-5-11(12)6-10/h4-5,10-12H,6-9H2,1-3H3. The summed E-state index contributed by atoms with van der Waals surface area (Å²) >= 11 is 0. The third-order valence-electron chi connectivity index (χ3n) is 4.45. The van der Waals surface area contributed by atoms with E-state index in [2.05, 4.69) is 32.5 Å². The van der Waals surface area contributed by atoms with Gasteiger partial charge < -0.3 is 8.85 Å². The van der Waals surface area contributed by atoms with Crippen LogP contribution in [-0.2, 0) is 8.85 Å². The van der Waals surface area contributed by atoms with Crippen molar-refractivity contribution < 1.29 is 8.85 Å². The van der Waals surface area contributed by atoms with Crippen LogP contribution in [0, 0.1) is 17.3 Å². The summed E-state index contributed by atoms with van der Waals surface area (Å²) in [5, 5.41) is 0. The number of fused-ring (bicyclic) bond motifs is 2. The van der Waals surface area contributed by atoms with Crippen molar-refractivity contribution in [2.24, 2.45) is 17.3 Å². The second kappa shape index (κ2) is 3.44. The van der Waals surface area contributed by atoms with E-state index in [-0.39, 0.29) is 5.41 Å². The lowest BCUT2D eigenvalue weighted by molar-refractivity contribution is 0.00775. The average Bonchev–Trinajstić information content (AvgIpc) is 2.85. The van der Waals surface area contributed by atoms with E-state index in [1.165, 1.54) is 12.8 Å². The highest BCUT2D eigenvalue weighted by Crippen LogP contribution is 2.53. The Kier molecular flexibility index (Phi) is 2.36. The molecule has 3 aliphatic rings. The van der Waals surface area contributed by atoms with Crippen molar-refractivity contribution in [3.05, 3.63) is 12.2 Å². The van der Waals surface area contributed by atoms with Crippen molar-refractivity contribution in [3.8, 4) is 0 Å². The fraction of sp³-hybridized carbons (Fsp3) is 0.846. The summed E-state index contributed by atoms with van der Waals surface area (Å²) in [7, 11) is -1.90. The van der Waals surface area contributed by atoms with Crippen LogP contribution >= 0.6 is 0 Å². The Morgan fingerprint density at radius 1 is 1.12 bits per heavy atom. The molecule has 0 aromatic rings. The molecule has 1 aliphatic heterocycles. The summed E-state index contributed by atoms with van der Waals surface area (Å²) in [5.41, 5.74) is 0.915. The molecule has 16 heavy (non-hydrogen) atoms. The summed E-state index contributed by atoms with van der Waals surface area (Å²) in [4.78, 5) is 0. The largest absolute Gasteiger partial charge is 0.394 e. The first kappa shape index (κ1) is 11.0. The lowest BCUT2D eigenvalue weighted by Crippen LogP contribution is -2.53. The van der Waals surface area contributed by atoms with Crippen LogP contribution in [0.15, 0.2) is 12.2 Å². The highest BCUT2D eigenvalue weighted by Gasteiger charge is 2.53. The van der Waals surface area contributed by atoms with Gasteiger partial charge in [-0.2, -0.15) is 0 Å². The first-order valence-electron chi connectivity index (χ1n) is 6.45. The van der Waals surface area contributed by atoms with Crippen molar-refractivity contribution in [1.82, 2.24) is 0 Å². The molecule has 0 amide bonds. The monoisotopic (exact) mass is 238 g/mol. The molecular weight excluding hydrogens is 216 g/mol. The zero-order chi connectivity index (χ0) is 11.4. The van der Waals surface area contributed by atoms with Crippen LogP contribution in [0.2, 0.25) is 12.1 Å². The zero-order valence-electron chi connectivity index (χ0n) is 10.5. The molecule has 0 N–H and O–H groups in total. The molecule has 0 radical (unpaired) electrons. The first-order chi connectivity index (χ1) is 7.49. The summed E-state index contributed by atoms with van der Waals surface area (Å²) in [6, 6.07) is 0. The zero-order valence-corrected chi connectivity index (χ0v) is 11.5. The molecule has 3 unspecified atom stereocenters. The van der Waals surface area contributed by atoms with Gasteiger partial charge in [-0.3, -0.25) is 0 Å². The molecule has 3 rings (SSSR count). The van der Waals surface area contributed by atoms with Gasteiger partial charge in [0.15, 0.2) is 0 Å². The minimum absolute atomic E-state index is 0.208. The Hall–Kier alpha value is -0.123. The van der Waals surface area contributed by atoms with E-state index < -0.39 is 8.56 Å². The number of allylic oxidation sites excluding steroid dienone is 2. The summed E-state index contributed by atoms with van der Waals surface area (Å²) in [5.74, 6) is 1.57. The van der Waals surface area contributed by atoms with Crippen LogP contribution in [-0.4, -0.2) is 21.8 Å². The van der Waals surface area contributed by atoms with Crippen molar-refractivity contribution in [2.75, 3.05) is 13.2 Å². The van der Waals surface area contributed by atoms with E-state index in [1.54, 1.807) is 0 Å². The van der Waals surface area contributed by atoms with Gasteiger partial charge in [0.05, 0.1) is 0 Å². The van der Waals surface area contributed by atoms with Gasteiger partial charge in [-0.1, -0.05) is 26.0 Å². The van der Waals surface area contributed by atoms with E-state index in [1.807, 2.05) is 0 Å². The Morgan fingerprint density at radius 2 is 1.81 bits per heavy atom. The number of hydrogen-bond donors (Lipinski definition) is 0. The fourth-order valence-electron chi connectivity index (χ4n) is 3.36. The van der Waals surface area contributed by atoms with E-state index >= 15 is 0 Å². The van der Waals surface area contributed by atoms with Crippen molar-refractivity contribution in [1.29, 1.82) is 0 Å². The van der Waals surface area contributed by atoms with E-state index in [0.717, 1.165) is 25.0 Å². The molecule has 3 heteroatoms. The lowest BCUT2D eigenvalue weighted by atomic mass is 9.97. The molecular formula is C13H22O2Si. The molecule has 1 saturated carbocycles. The molecule has 3 atom stereocenters. The predicted molar refractivity (Wildman–Crippen MR) is 66.4 cm³/mol. The molecule has 2 fully saturated rings. The van der Waals surface area contributed by atoms with Gasteiger partial charge in [-0.05, 0) is 31.2 Å². The quantitative estimate of drug-likeness (QED) is 0.516. The van der Waals surface area contributed by atoms with Crippen LogP contribution in [0.4, 0.5) is 0 Å².